The first-order chi connectivity index (χ1) is 16.5. The smallest absolute Gasteiger partial charge is 0.319 e. The molecule has 0 bridgehead atoms. The summed E-state index contributed by atoms with van der Waals surface area (Å²) in [5.74, 6) is -0.470. The number of nitrogens with one attached hydrogen (secondary N) is 2. The Hall–Kier alpha value is -2.42. The summed E-state index contributed by atoms with van der Waals surface area (Å²) in [4.78, 5) is 30.7. The highest BCUT2D eigenvalue weighted by Gasteiger charge is 2.27. The third-order valence-corrected chi connectivity index (χ3v) is 7.93. The van der Waals surface area contributed by atoms with Crippen molar-refractivity contribution in [3.63, 3.8) is 0 Å². The maximum Gasteiger partial charge on any atom is 0.319 e. The summed E-state index contributed by atoms with van der Waals surface area (Å²) in [5.41, 5.74) is 9.85. The normalized spacial score (nSPS) is 16.4. The fourth-order valence-corrected chi connectivity index (χ4v) is 6.25. The molecule has 4 rings (SSSR count). The molecule has 8 heteroatoms. The summed E-state index contributed by atoms with van der Waals surface area (Å²) in [6.07, 6.45) is 6.42. The molecule has 4 N–H and O–H groups in total. The van der Waals surface area contributed by atoms with E-state index in [4.69, 9.17) is 5.73 Å². The van der Waals surface area contributed by atoms with Crippen LogP contribution < -0.4 is 16.4 Å². The second kappa shape index (κ2) is 11.8. The second-order valence-corrected chi connectivity index (χ2v) is 10.4. The van der Waals surface area contributed by atoms with Crippen molar-refractivity contribution < 1.29 is 9.59 Å². The molecule has 0 atom stereocenters. The van der Waals surface area contributed by atoms with Crippen LogP contribution in [0.25, 0.3) is 0 Å². The van der Waals surface area contributed by atoms with E-state index in [0.29, 0.717) is 17.1 Å². The molecular weight excluding hydrogens is 446 g/mol. The second-order valence-electron chi connectivity index (χ2n) is 9.34. The molecule has 1 saturated heterocycles. The van der Waals surface area contributed by atoms with Crippen LogP contribution in [0.1, 0.15) is 64.5 Å². The van der Waals surface area contributed by atoms with Crippen LogP contribution in [0.4, 0.5) is 9.80 Å². The topological polar surface area (TPSA) is 90.7 Å². The number of fused-ring (bicyclic) bond motifs is 1. The first-order valence-electron chi connectivity index (χ1n) is 12.5. The lowest BCUT2D eigenvalue weighted by Crippen LogP contribution is -2.31. The summed E-state index contributed by atoms with van der Waals surface area (Å²) in [5, 5.41) is 6.40. The van der Waals surface area contributed by atoms with Crippen LogP contribution in [0, 0.1) is 0 Å². The van der Waals surface area contributed by atoms with Gasteiger partial charge in [0.1, 0.15) is 5.00 Å². The van der Waals surface area contributed by atoms with Crippen molar-refractivity contribution >= 4 is 28.3 Å². The van der Waals surface area contributed by atoms with Gasteiger partial charge in [-0.3, -0.25) is 15.0 Å². The molecule has 1 fully saturated rings. The Labute approximate surface area is 206 Å². The number of hydrogen-bond donors (Lipinski definition) is 3. The number of aryl methyl sites for hydroxylation is 1. The van der Waals surface area contributed by atoms with Gasteiger partial charge in [-0.15, -0.1) is 11.3 Å². The largest absolute Gasteiger partial charge is 0.365 e. The number of nitrogens with two attached hydrogens (primary N) is 1. The highest BCUT2D eigenvalue weighted by molar-refractivity contribution is 7.17. The Kier molecular flexibility index (Phi) is 8.59. The SMILES string of the molecule is CCc1cccc(CN2CCc3c(sc(NC(=O)NCCCCN4CCCC4)c3C(N)=O)C2)c1. The quantitative estimate of drug-likeness (QED) is 0.446. The Bertz CT molecular complexity index is 999. The number of anilines is 1. The molecule has 34 heavy (non-hydrogen) atoms. The van der Waals surface area contributed by atoms with Gasteiger partial charge in [0, 0.05) is 31.1 Å². The lowest BCUT2D eigenvalue weighted by atomic mass is 10.0. The molecule has 2 aromatic rings. The fraction of sp³-hybridized carbons (Fsp3) is 0.538. The third kappa shape index (κ3) is 6.37. The Balaban J connectivity index is 1.32. The van der Waals surface area contributed by atoms with E-state index in [2.05, 4.69) is 51.6 Å². The average molecular weight is 484 g/mol. The van der Waals surface area contributed by atoms with Crippen molar-refractivity contribution in [1.82, 2.24) is 15.1 Å². The van der Waals surface area contributed by atoms with Crippen LogP contribution >= 0.6 is 11.3 Å². The number of rotatable bonds is 10. The van der Waals surface area contributed by atoms with Crippen molar-refractivity contribution in [1.29, 1.82) is 0 Å². The van der Waals surface area contributed by atoms with Gasteiger partial charge < -0.3 is 16.0 Å². The first-order valence-corrected chi connectivity index (χ1v) is 13.4. The maximum absolute atomic E-state index is 12.5. The number of carbonyl (C=O) groups is 2. The summed E-state index contributed by atoms with van der Waals surface area (Å²) < 4.78 is 0. The maximum atomic E-state index is 12.5. The summed E-state index contributed by atoms with van der Waals surface area (Å²) in [6, 6.07) is 8.44. The van der Waals surface area contributed by atoms with Gasteiger partial charge in [-0.05, 0) is 74.8 Å². The highest BCUT2D eigenvalue weighted by atomic mass is 32.1. The van der Waals surface area contributed by atoms with Gasteiger partial charge in [-0.2, -0.15) is 0 Å². The number of nitrogens with zero attached hydrogens (tertiary/aromatic N) is 2. The number of primary amides is 1. The Morgan fingerprint density at radius 2 is 1.88 bits per heavy atom. The highest BCUT2D eigenvalue weighted by Crippen LogP contribution is 2.37. The van der Waals surface area contributed by atoms with Crippen molar-refractivity contribution in [2.24, 2.45) is 5.73 Å². The Morgan fingerprint density at radius 3 is 2.65 bits per heavy atom. The lowest BCUT2D eigenvalue weighted by Gasteiger charge is -2.27. The van der Waals surface area contributed by atoms with Crippen LogP contribution in [0.15, 0.2) is 24.3 Å². The molecule has 2 aliphatic rings. The van der Waals surface area contributed by atoms with Crippen LogP contribution in [-0.2, 0) is 25.9 Å². The van der Waals surface area contributed by atoms with Gasteiger partial charge in [-0.25, -0.2) is 4.79 Å². The number of hydrogen-bond acceptors (Lipinski definition) is 5. The molecule has 184 valence electrons. The van der Waals surface area contributed by atoms with E-state index >= 15 is 0 Å². The summed E-state index contributed by atoms with van der Waals surface area (Å²) >= 11 is 1.48. The Morgan fingerprint density at radius 1 is 1.09 bits per heavy atom. The van der Waals surface area contributed by atoms with Crippen molar-refractivity contribution in [2.75, 3.05) is 38.0 Å². The predicted molar refractivity (Wildman–Crippen MR) is 138 cm³/mol. The molecule has 0 unspecified atom stereocenters. The number of thiophene rings is 1. The van der Waals surface area contributed by atoms with Crippen LogP contribution in [0.5, 0.6) is 0 Å². The summed E-state index contributed by atoms with van der Waals surface area (Å²) in [7, 11) is 0. The number of likely N-dealkylation sites (tertiary alicyclic amines) is 1. The third-order valence-electron chi connectivity index (χ3n) is 6.80. The molecule has 2 aliphatic heterocycles. The molecule has 0 radical (unpaired) electrons. The zero-order chi connectivity index (χ0) is 23.9. The molecule has 3 heterocycles. The van der Waals surface area contributed by atoms with E-state index < -0.39 is 5.91 Å². The average Bonchev–Trinajstić information content (AvgIpc) is 3.46. The van der Waals surface area contributed by atoms with Gasteiger partial charge in [-0.1, -0.05) is 31.2 Å². The minimum atomic E-state index is -0.470. The lowest BCUT2D eigenvalue weighted by molar-refractivity contribution is 0.0999. The molecule has 0 aliphatic carbocycles. The molecule has 7 nitrogen and oxygen atoms in total. The van der Waals surface area contributed by atoms with Crippen molar-refractivity contribution in [3.8, 4) is 0 Å². The minimum absolute atomic E-state index is 0.268. The molecule has 1 aromatic heterocycles. The zero-order valence-electron chi connectivity index (χ0n) is 20.2. The predicted octanol–water partition coefficient (Wildman–Crippen LogP) is 3.97. The number of benzene rings is 1. The van der Waals surface area contributed by atoms with Gasteiger partial charge in [0.2, 0.25) is 0 Å². The molecule has 0 saturated carbocycles. The summed E-state index contributed by atoms with van der Waals surface area (Å²) in [6.45, 7) is 8.80. The van der Waals surface area contributed by atoms with E-state index in [0.717, 1.165) is 62.3 Å². The fourth-order valence-electron chi connectivity index (χ4n) is 4.96. The standard InChI is InChI=1S/C26H37N5O2S/c1-2-19-8-7-9-20(16-19)17-31-15-10-21-22(18-31)34-25(23(21)24(27)32)29-26(33)28-11-3-4-12-30-13-5-6-14-30/h7-9,16H,2-6,10-15,17-18H2,1H3,(H2,27,32)(H2,28,29,33). The number of unbranched alkanes of at least 4 members (excludes halogenated alkanes) is 1. The molecule has 3 amide bonds. The van der Waals surface area contributed by atoms with E-state index in [1.54, 1.807) is 0 Å². The number of urea groups is 1. The first kappa shape index (κ1) is 24.7. The monoisotopic (exact) mass is 483 g/mol. The van der Waals surface area contributed by atoms with Crippen molar-refractivity contribution in [2.45, 2.75) is 58.5 Å². The van der Waals surface area contributed by atoms with Crippen LogP contribution in [0.2, 0.25) is 0 Å². The van der Waals surface area contributed by atoms with Gasteiger partial charge in [0.05, 0.1) is 5.56 Å². The van der Waals surface area contributed by atoms with E-state index in [9.17, 15) is 9.59 Å². The zero-order valence-corrected chi connectivity index (χ0v) is 21.0. The van der Waals surface area contributed by atoms with Gasteiger partial charge in [0.15, 0.2) is 0 Å². The van der Waals surface area contributed by atoms with Gasteiger partial charge in [0.25, 0.3) is 5.91 Å². The minimum Gasteiger partial charge on any atom is -0.365 e. The number of carbonyl (C=O) groups excluding carboxylic acids is 2. The van der Waals surface area contributed by atoms with E-state index in [-0.39, 0.29) is 6.03 Å². The van der Waals surface area contributed by atoms with Crippen LogP contribution in [0.3, 0.4) is 0 Å². The van der Waals surface area contributed by atoms with E-state index in [1.807, 2.05) is 0 Å². The molecular formula is C26H37N5O2S. The van der Waals surface area contributed by atoms with Gasteiger partial charge >= 0.3 is 6.03 Å². The number of amides is 3. The molecule has 0 spiro atoms. The van der Waals surface area contributed by atoms with Crippen LogP contribution in [-0.4, -0.2) is 54.5 Å². The van der Waals surface area contributed by atoms with E-state index in [1.165, 1.54) is 48.4 Å². The molecule has 1 aromatic carbocycles. The van der Waals surface area contributed by atoms with Crippen molar-refractivity contribution in [3.05, 3.63) is 51.4 Å².